The second kappa shape index (κ2) is 4.89. The van der Waals surface area contributed by atoms with Crippen molar-refractivity contribution in [2.24, 2.45) is 16.9 Å². The van der Waals surface area contributed by atoms with E-state index in [0.717, 1.165) is 0 Å². The highest BCUT2D eigenvalue weighted by atomic mass is 16.5. The third kappa shape index (κ3) is 3.03. The number of carbonyl (C=O) groups excluding carboxylic acids is 2. The third-order valence-corrected chi connectivity index (χ3v) is 3.12. The van der Waals surface area contributed by atoms with Crippen LogP contribution in [0.2, 0.25) is 0 Å². The molecule has 0 atom stereocenters. The molecule has 0 bridgehead atoms. The lowest BCUT2D eigenvalue weighted by molar-refractivity contribution is -0.0924. The first-order valence-electron chi connectivity index (χ1n) is 5.96. The van der Waals surface area contributed by atoms with Crippen molar-refractivity contribution in [1.29, 1.82) is 0 Å². The van der Waals surface area contributed by atoms with Gasteiger partial charge in [0, 0.05) is 28.8 Å². The largest absolute Gasteiger partial charge is 0.384 e. The van der Waals surface area contributed by atoms with Gasteiger partial charge in [-0.1, -0.05) is 6.92 Å². The molecule has 102 valence electrons. The van der Waals surface area contributed by atoms with Crippen molar-refractivity contribution in [1.82, 2.24) is 0 Å². The molecule has 0 saturated carbocycles. The molecule has 19 heavy (non-hydrogen) atoms. The summed E-state index contributed by atoms with van der Waals surface area (Å²) in [5.74, 6) is -1.19. The molecule has 2 amide bonds. The Morgan fingerprint density at radius 1 is 1.21 bits per heavy atom. The van der Waals surface area contributed by atoms with Crippen molar-refractivity contribution >= 4 is 17.5 Å². The summed E-state index contributed by atoms with van der Waals surface area (Å²) in [5.41, 5.74) is 11.7. The van der Waals surface area contributed by atoms with E-state index >= 15 is 0 Å². The second-order valence-electron chi connectivity index (χ2n) is 5.18. The SMILES string of the molecule is CC1(CNc2cc(C(N)=O)cc(C(N)=O)c2)COC1. The number of nitrogens with two attached hydrogens (primary N) is 2. The topological polar surface area (TPSA) is 107 Å². The molecule has 0 spiro atoms. The fourth-order valence-electron chi connectivity index (χ4n) is 1.88. The van der Waals surface area contributed by atoms with Crippen LogP contribution in [0.25, 0.3) is 0 Å². The number of carbonyl (C=O) groups is 2. The van der Waals surface area contributed by atoms with E-state index in [9.17, 15) is 9.59 Å². The van der Waals surface area contributed by atoms with E-state index in [1.165, 1.54) is 6.07 Å². The summed E-state index contributed by atoms with van der Waals surface area (Å²) in [6.07, 6.45) is 0. The summed E-state index contributed by atoms with van der Waals surface area (Å²) < 4.78 is 5.16. The zero-order valence-corrected chi connectivity index (χ0v) is 10.7. The summed E-state index contributed by atoms with van der Waals surface area (Å²) in [6.45, 7) is 4.17. The van der Waals surface area contributed by atoms with Gasteiger partial charge in [-0.15, -0.1) is 0 Å². The van der Waals surface area contributed by atoms with Gasteiger partial charge in [-0.25, -0.2) is 0 Å². The maximum absolute atomic E-state index is 11.2. The summed E-state index contributed by atoms with van der Waals surface area (Å²) in [7, 11) is 0. The number of benzene rings is 1. The molecule has 6 heteroatoms. The van der Waals surface area contributed by atoms with Gasteiger partial charge in [0.05, 0.1) is 13.2 Å². The summed E-state index contributed by atoms with van der Waals surface area (Å²) in [5, 5.41) is 3.18. The zero-order chi connectivity index (χ0) is 14.0. The van der Waals surface area contributed by atoms with Crippen LogP contribution in [0.1, 0.15) is 27.6 Å². The summed E-state index contributed by atoms with van der Waals surface area (Å²) in [6, 6.07) is 4.61. The average Bonchev–Trinajstić information content (AvgIpc) is 2.33. The van der Waals surface area contributed by atoms with Crippen molar-refractivity contribution < 1.29 is 14.3 Å². The normalized spacial score (nSPS) is 16.5. The Hall–Kier alpha value is -2.08. The first kappa shape index (κ1) is 13.4. The molecule has 0 radical (unpaired) electrons. The number of anilines is 1. The fourth-order valence-corrected chi connectivity index (χ4v) is 1.88. The van der Waals surface area contributed by atoms with E-state index in [1.807, 2.05) is 0 Å². The minimum atomic E-state index is -0.593. The molecule has 0 aromatic heterocycles. The minimum Gasteiger partial charge on any atom is -0.384 e. The second-order valence-corrected chi connectivity index (χ2v) is 5.18. The highest BCUT2D eigenvalue weighted by Gasteiger charge is 2.33. The quantitative estimate of drug-likeness (QED) is 0.711. The number of hydrogen-bond acceptors (Lipinski definition) is 4. The number of amides is 2. The molecule has 6 nitrogen and oxygen atoms in total. The Labute approximate surface area is 111 Å². The molecular weight excluding hydrogens is 246 g/mol. The van der Waals surface area contributed by atoms with Crippen molar-refractivity contribution in [2.45, 2.75) is 6.92 Å². The molecule has 1 aromatic rings. The van der Waals surface area contributed by atoms with Gasteiger partial charge in [0.1, 0.15) is 0 Å². The maximum atomic E-state index is 11.2. The van der Waals surface area contributed by atoms with E-state index in [1.54, 1.807) is 12.1 Å². The number of primary amides is 2. The number of nitrogens with one attached hydrogen (secondary N) is 1. The fraction of sp³-hybridized carbons (Fsp3) is 0.385. The van der Waals surface area contributed by atoms with Crippen LogP contribution in [0.15, 0.2) is 18.2 Å². The monoisotopic (exact) mass is 263 g/mol. The molecule has 2 rings (SSSR count). The number of hydrogen-bond donors (Lipinski definition) is 3. The zero-order valence-electron chi connectivity index (χ0n) is 10.7. The van der Waals surface area contributed by atoms with Crippen LogP contribution >= 0.6 is 0 Å². The van der Waals surface area contributed by atoms with Gasteiger partial charge in [-0.05, 0) is 18.2 Å². The molecule has 0 aliphatic carbocycles. The number of ether oxygens (including phenoxy) is 1. The molecule has 1 aliphatic heterocycles. The Balaban J connectivity index is 2.18. The predicted molar refractivity (Wildman–Crippen MR) is 70.9 cm³/mol. The van der Waals surface area contributed by atoms with E-state index < -0.39 is 11.8 Å². The minimum absolute atomic E-state index is 0.0790. The van der Waals surface area contributed by atoms with Crippen LogP contribution in [-0.2, 0) is 4.74 Å². The Bertz CT molecular complexity index is 492. The Morgan fingerprint density at radius 3 is 2.11 bits per heavy atom. The molecular formula is C13H17N3O3. The maximum Gasteiger partial charge on any atom is 0.248 e. The first-order valence-corrected chi connectivity index (χ1v) is 5.96. The lowest BCUT2D eigenvalue weighted by atomic mass is 9.88. The lowest BCUT2D eigenvalue weighted by Crippen LogP contribution is -2.45. The van der Waals surface area contributed by atoms with Gasteiger partial charge in [0.2, 0.25) is 11.8 Å². The van der Waals surface area contributed by atoms with Gasteiger partial charge < -0.3 is 21.5 Å². The molecule has 0 unspecified atom stereocenters. The molecule has 1 saturated heterocycles. The Morgan fingerprint density at radius 2 is 1.74 bits per heavy atom. The highest BCUT2D eigenvalue weighted by molar-refractivity contribution is 5.99. The van der Waals surface area contributed by atoms with Crippen molar-refractivity contribution in [3.8, 4) is 0 Å². The smallest absolute Gasteiger partial charge is 0.248 e. The number of rotatable bonds is 5. The van der Waals surface area contributed by atoms with E-state index in [-0.39, 0.29) is 16.5 Å². The van der Waals surface area contributed by atoms with Crippen LogP contribution < -0.4 is 16.8 Å². The van der Waals surface area contributed by atoms with Crippen molar-refractivity contribution in [3.05, 3.63) is 29.3 Å². The van der Waals surface area contributed by atoms with Gasteiger partial charge >= 0.3 is 0 Å². The van der Waals surface area contributed by atoms with Gasteiger partial charge in [0.15, 0.2) is 0 Å². The van der Waals surface area contributed by atoms with Crippen LogP contribution in [-0.4, -0.2) is 31.6 Å². The molecule has 1 heterocycles. The summed E-state index contributed by atoms with van der Waals surface area (Å²) in [4.78, 5) is 22.4. The van der Waals surface area contributed by atoms with Gasteiger partial charge in [-0.2, -0.15) is 0 Å². The van der Waals surface area contributed by atoms with Crippen LogP contribution in [0, 0.1) is 5.41 Å². The first-order chi connectivity index (χ1) is 8.89. The highest BCUT2D eigenvalue weighted by Crippen LogP contribution is 2.27. The Kier molecular flexibility index (Phi) is 3.44. The van der Waals surface area contributed by atoms with E-state index in [0.29, 0.717) is 25.4 Å². The van der Waals surface area contributed by atoms with Gasteiger partial charge in [0.25, 0.3) is 0 Å². The van der Waals surface area contributed by atoms with Crippen LogP contribution in [0.5, 0.6) is 0 Å². The predicted octanol–water partition coefficient (Wildman–Crippen LogP) is 0.333. The standard InChI is InChI=1S/C13H17N3O3/c1-13(6-19-7-13)5-16-10-3-8(11(14)17)2-9(4-10)12(15)18/h2-4,16H,5-7H2,1H3,(H2,14,17)(H2,15,18). The van der Waals surface area contributed by atoms with Crippen LogP contribution in [0.3, 0.4) is 0 Å². The van der Waals surface area contributed by atoms with Crippen molar-refractivity contribution in [2.75, 3.05) is 25.1 Å². The van der Waals surface area contributed by atoms with Crippen molar-refractivity contribution in [3.63, 3.8) is 0 Å². The molecule has 1 aromatic carbocycles. The molecule has 1 aliphatic rings. The molecule has 5 N–H and O–H groups in total. The lowest BCUT2D eigenvalue weighted by Gasteiger charge is -2.38. The van der Waals surface area contributed by atoms with E-state index in [4.69, 9.17) is 16.2 Å². The van der Waals surface area contributed by atoms with Crippen LogP contribution in [0.4, 0.5) is 5.69 Å². The summed E-state index contributed by atoms with van der Waals surface area (Å²) >= 11 is 0. The van der Waals surface area contributed by atoms with Gasteiger partial charge in [-0.3, -0.25) is 9.59 Å². The average molecular weight is 263 g/mol. The molecule has 1 fully saturated rings. The van der Waals surface area contributed by atoms with E-state index in [2.05, 4.69) is 12.2 Å². The third-order valence-electron chi connectivity index (χ3n) is 3.12.